The van der Waals surface area contributed by atoms with Gasteiger partial charge in [-0.1, -0.05) is 29.8 Å². The van der Waals surface area contributed by atoms with Gasteiger partial charge in [-0.25, -0.2) is 4.98 Å². The number of hydrogen-bond donors (Lipinski definition) is 0. The van der Waals surface area contributed by atoms with Gasteiger partial charge in [-0.15, -0.1) is 0 Å². The summed E-state index contributed by atoms with van der Waals surface area (Å²) in [4.78, 5) is 26.0. The van der Waals surface area contributed by atoms with Crippen molar-refractivity contribution in [3.05, 3.63) is 71.3 Å². The zero-order valence-electron chi connectivity index (χ0n) is 17.5. The number of piperazine rings is 1. The molecule has 0 unspecified atom stereocenters. The second-order valence-electron chi connectivity index (χ2n) is 8.12. The Bertz CT molecular complexity index is 1190. The monoisotopic (exact) mass is 433 g/mol. The first-order valence-electron chi connectivity index (χ1n) is 10.6. The maximum atomic E-state index is 12.8. The highest BCUT2D eigenvalue weighted by Crippen LogP contribution is 2.29. The van der Waals surface area contributed by atoms with Crippen molar-refractivity contribution in [3.8, 4) is 11.3 Å². The van der Waals surface area contributed by atoms with E-state index in [1.165, 1.54) is 5.57 Å². The standard InChI is InChI=1S/C24H24ClN5O/c1-28-10-12-29(13-11-28)24(31)19-4-2-17(3-5-19)21-16-30-22(14-27-23(30)15-26-21)18-6-8-20(25)9-7-18/h2-6,8,14-16H,7,9-13H2,1H3. The van der Waals surface area contributed by atoms with E-state index in [4.69, 9.17) is 11.6 Å². The van der Waals surface area contributed by atoms with Crippen LogP contribution < -0.4 is 0 Å². The van der Waals surface area contributed by atoms with Gasteiger partial charge < -0.3 is 9.80 Å². The highest BCUT2D eigenvalue weighted by atomic mass is 35.5. The van der Waals surface area contributed by atoms with Gasteiger partial charge in [0.05, 0.1) is 23.8 Å². The molecule has 1 aliphatic heterocycles. The molecule has 0 spiro atoms. The van der Waals surface area contributed by atoms with E-state index < -0.39 is 0 Å². The van der Waals surface area contributed by atoms with E-state index >= 15 is 0 Å². The fraction of sp³-hybridized carbons (Fsp3) is 0.292. The van der Waals surface area contributed by atoms with Crippen LogP contribution >= 0.6 is 11.6 Å². The topological polar surface area (TPSA) is 53.7 Å². The minimum absolute atomic E-state index is 0.0934. The van der Waals surface area contributed by atoms with Crippen LogP contribution in [0.25, 0.3) is 22.5 Å². The Morgan fingerprint density at radius 1 is 0.968 bits per heavy atom. The highest BCUT2D eigenvalue weighted by Gasteiger charge is 2.20. The maximum absolute atomic E-state index is 12.8. The van der Waals surface area contributed by atoms with Gasteiger partial charge in [0, 0.05) is 48.5 Å². The van der Waals surface area contributed by atoms with Crippen LogP contribution in [0, 0.1) is 0 Å². The molecule has 1 aromatic carbocycles. The van der Waals surface area contributed by atoms with Crippen LogP contribution in [0.3, 0.4) is 0 Å². The number of likely N-dealkylation sites (N-methyl/N-ethyl adjacent to an activating group) is 1. The van der Waals surface area contributed by atoms with E-state index in [0.717, 1.165) is 66.7 Å². The molecule has 0 atom stereocenters. The number of carbonyl (C=O) groups is 1. The van der Waals surface area contributed by atoms with Crippen molar-refractivity contribution in [3.63, 3.8) is 0 Å². The highest BCUT2D eigenvalue weighted by molar-refractivity contribution is 6.29. The summed E-state index contributed by atoms with van der Waals surface area (Å²) in [5, 5.41) is 0.881. The minimum Gasteiger partial charge on any atom is -0.336 e. The lowest BCUT2D eigenvalue weighted by Gasteiger charge is -2.32. The number of carbonyl (C=O) groups excluding carboxylic acids is 1. The van der Waals surface area contributed by atoms with E-state index in [9.17, 15) is 4.79 Å². The van der Waals surface area contributed by atoms with Gasteiger partial charge in [-0.3, -0.25) is 14.2 Å². The van der Waals surface area contributed by atoms with Gasteiger partial charge in [0.15, 0.2) is 5.65 Å². The molecule has 158 valence electrons. The molecule has 5 rings (SSSR count). The Kier molecular flexibility index (Phi) is 5.34. The van der Waals surface area contributed by atoms with Crippen LogP contribution in [0.2, 0.25) is 0 Å². The number of allylic oxidation sites excluding steroid dienone is 4. The van der Waals surface area contributed by atoms with Gasteiger partial charge in [-0.2, -0.15) is 0 Å². The second-order valence-corrected chi connectivity index (χ2v) is 8.61. The average molecular weight is 434 g/mol. The van der Waals surface area contributed by atoms with E-state index in [2.05, 4.69) is 32.4 Å². The normalized spacial score (nSPS) is 17.5. The smallest absolute Gasteiger partial charge is 0.253 e. The first kappa shape index (κ1) is 20.0. The summed E-state index contributed by atoms with van der Waals surface area (Å²) in [6.07, 6.45) is 11.4. The van der Waals surface area contributed by atoms with Crippen LogP contribution in [0.1, 0.15) is 28.9 Å². The Hall–Kier alpha value is -2.96. The van der Waals surface area contributed by atoms with Crippen LogP contribution in [0.5, 0.6) is 0 Å². The number of hydrogen-bond acceptors (Lipinski definition) is 4. The lowest BCUT2D eigenvalue weighted by molar-refractivity contribution is 0.0664. The summed E-state index contributed by atoms with van der Waals surface area (Å²) in [6, 6.07) is 7.73. The lowest BCUT2D eigenvalue weighted by atomic mass is 10.0. The predicted octanol–water partition coefficient (Wildman–Crippen LogP) is 4.08. The van der Waals surface area contributed by atoms with Crippen LogP contribution in [-0.2, 0) is 0 Å². The molecule has 1 saturated heterocycles. The average Bonchev–Trinajstić information content (AvgIpc) is 3.23. The largest absolute Gasteiger partial charge is 0.336 e. The summed E-state index contributed by atoms with van der Waals surface area (Å²) < 4.78 is 2.07. The van der Waals surface area contributed by atoms with Crippen molar-refractivity contribution >= 4 is 28.7 Å². The Morgan fingerprint density at radius 2 is 1.74 bits per heavy atom. The number of benzene rings is 1. The van der Waals surface area contributed by atoms with Crippen molar-refractivity contribution in [2.24, 2.45) is 0 Å². The van der Waals surface area contributed by atoms with Gasteiger partial charge in [-0.05, 0) is 43.7 Å². The number of fused-ring (bicyclic) bond motifs is 1. The van der Waals surface area contributed by atoms with E-state index in [1.54, 1.807) is 6.20 Å². The number of imidazole rings is 1. The molecular weight excluding hydrogens is 410 g/mol. The zero-order valence-corrected chi connectivity index (χ0v) is 18.2. The van der Waals surface area contributed by atoms with Gasteiger partial charge in [0.2, 0.25) is 0 Å². The molecule has 0 saturated carbocycles. The fourth-order valence-corrected chi connectivity index (χ4v) is 4.23. The molecule has 2 aliphatic rings. The summed E-state index contributed by atoms with van der Waals surface area (Å²) in [5.41, 5.74) is 5.60. The molecular formula is C24H24ClN5O. The number of nitrogens with zero attached hydrogens (tertiary/aromatic N) is 5. The molecule has 3 aromatic rings. The zero-order chi connectivity index (χ0) is 21.4. The third-order valence-corrected chi connectivity index (χ3v) is 6.36. The van der Waals surface area contributed by atoms with Crippen molar-refractivity contribution in [2.45, 2.75) is 12.8 Å². The molecule has 2 aromatic heterocycles. The van der Waals surface area contributed by atoms with Crippen molar-refractivity contribution in [2.75, 3.05) is 33.2 Å². The number of aromatic nitrogens is 3. The maximum Gasteiger partial charge on any atom is 0.253 e. The Labute approximate surface area is 186 Å². The van der Waals surface area contributed by atoms with Gasteiger partial charge >= 0.3 is 0 Å². The summed E-state index contributed by atoms with van der Waals surface area (Å²) in [6.45, 7) is 3.38. The molecule has 7 heteroatoms. The number of rotatable bonds is 3. The third-order valence-electron chi connectivity index (χ3n) is 6.04. The van der Waals surface area contributed by atoms with Gasteiger partial charge in [0.1, 0.15) is 0 Å². The number of amides is 1. The van der Waals surface area contributed by atoms with E-state index in [1.807, 2.05) is 47.6 Å². The van der Waals surface area contributed by atoms with Crippen molar-refractivity contribution in [1.29, 1.82) is 0 Å². The minimum atomic E-state index is 0.0934. The van der Waals surface area contributed by atoms with Crippen molar-refractivity contribution in [1.82, 2.24) is 24.2 Å². The molecule has 1 amide bonds. The first-order chi connectivity index (χ1) is 15.1. The summed E-state index contributed by atoms with van der Waals surface area (Å²) in [7, 11) is 2.09. The first-order valence-corrected chi connectivity index (χ1v) is 10.9. The second kappa shape index (κ2) is 8.29. The third kappa shape index (κ3) is 4.01. The summed E-state index contributed by atoms with van der Waals surface area (Å²) in [5.74, 6) is 0.0934. The number of halogens is 1. The Balaban J connectivity index is 1.41. The van der Waals surface area contributed by atoms with E-state index in [0.29, 0.717) is 5.56 Å². The van der Waals surface area contributed by atoms with Crippen LogP contribution in [0.4, 0.5) is 0 Å². The molecule has 3 heterocycles. The predicted molar refractivity (Wildman–Crippen MR) is 123 cm³/mol. The molecule has 0 N–H and O–H groups in total. The van der Waals surface area contributed by atoms with Gasteiger partial charge in [0.25, 0.3) is 5.91 Å². The quantitative estimate of drug-likeness (QED) is 0.624. The van der Waals surface area contributed by atoms with Crippen molar-refractivity contribution < 1.29 is 4.79 Å². The molecule has 0 radical (unpaired) electrons. The molecule has 1 fully saturated rings. The van der Waals surface area contributed by atoms with E-state index in [-0.39, 0.29) is 5.91 Å². The van der Waals surface area contributed by atoms with Crippen LogP contribution in [0.15, 0.2) is 60.0 Å². The lowest BCUT2D eigenvalue weighted by Crippen LogP contribution is -2.47. The SMILES string of the molecule is CN1CCN(C(=O)c2ccc(-c3cn4c(C5=CC=C(Cl)CC5)cnc4cn3)cc2)CC1. The molecule has 31 heavy (non-hydrogen) atoms. The fourth-order valence-electron chi connectivity index (χ4n) is 4.08. The Morgan fingerprint density at radius 3 is 2.45 bits per heavy atom. The molecule has 6 nitrogen and oxygen atoms in total. The van der Waals surface area contributed by atoms with Crippen LogP contribution in [-0.4, -0.2) is 63.3 Å². The molecule has 1 aliphatic carbocycles. The summed E-state index contributed by atoms with van der Waals surface area (Å²) >= 11 is 6.11. The molecule has 0 bridgehead atoms.